The predicted octanol–water partition coefficient (Wildman–Crippen LogP) is 3.33. The van der Waals surface area contributed by atoms with E-state index in [4.69, 9.17) is 29.5 Å². The molecule has 10 rings (SSSR count). The quantitative estimate of drug-likeness (QED) is 0.0376. The van der Waals surface area contributed by atoms with Gasteiger partial charge in [0.15, 0.2) is 23.5 Å². The van der Waals surface area contributed by atoms with Crippen LogP contribution >= 0.6 is 15.6 Å². The lowest BCUT2D eigenvalue weighted by Crippen LogP contribution is -2.50. The number of amides is 3. The van der Waals surface area contributed by atoms with Crippen molar-refractivity contribution >= 4 is 61.9 Å². The zero-order valence-corrected chi connectivity index (χ0v) is 48.2. The summed E-state index contributed by atoms with van der Waals surface area (Å²) in [6.45, 7) is 16.1. The number of anilines is 2. The number of aliphatic hydroxyl groups is 1. The zero-order valence-electron chi connectivity index (χ0n) is 46.4. The maximum atomic E-state index is 14.8. The summed E-state index contributed by atoms with van der Waals surface area (Å²) < 4.78 is 47.1. The maximum Gasteiger partial charge on any atom is 0.481 e. The van der Waals surface area contributed by atoms with Gasteiger partial charge in [0, 0.05) is 85.8 Å². The molecule has 81 heavy (non-hydrogen) atoms. The first-order valence-electron chi connectivity index (χ1n) is 27.4. The van der Waals surface area contributed by atoms with Crippen LogP contribution in [0.15, 0.2) is 53.6 Å². The largest absolute Gasteiger partial charge is 0.481 e. The van der Waals surface area contributed by atoms with Crippen molar-refractivity contribution in [1.82, 2.24) is 39.6 Å². The highest BCUT2D eigenvalue weighted by molar-refractivity contribution is 7.60. The second-order valence-corrected chi connectivity index (χ2v) is 25.6. The normalized spacial score (nSPS) is 22.3. The number of phosphoric acid groups is 2. The molecule has 4 aliphatic heterocycles. The number of hydrogen-bond donors (Lipinski definition) is 8. The number of aryl methyl sites for hydroxylation is 1. The number of aromatic nitrogens is 4. The number of hydrogen-bond acceptors (Lipinski definition) is 15. The Morgan fingerprint density at radius 2 is 1.75 bits per heavy atom. The van der Waals surface area contributed by atoms with Crippen molar-refractivity contribution in [2.24, 2.45) is 0 Å². The monoisotopic (exact) mass is 1160 g/mol. The van der Waals surface area contributed by atoms with Crippen molar-refractivity contribution in [3.8, 4) is 0 Å². The fraction of sp³-hybridized carbons (Fsp3) is 0.509. The summed E-state index contributed by atoms with van der Waals surface area (Å²) >= 11 is 0. The van der Waals surface area contributed by atoms with Gasteiger partial charge in [-0.2, -0.15) is 9.29 Å². The fourth-order valence-corrected chi connectivity index (χ4v) is 14.8. The summed E-state index contributed by atoms with van der Waals surface area (Å²) in [6, 6.07) is 15.2. The molecule has 0 radical (unpaired) electrons. The summed E-state index contributed by atoms with van der Waals surface area (Å²) in [5.41, 5.74) is 16.0. The third-order valence-corrected chi connectivity index (χ3v) is 18.6. The lowest BCUT2D eigenvalue weighted by Gasteiger charge is -2.48. The molecule has 0 spiro atoms. The minimum absolute atomic E-state index is 0.0188. The van der Waals surface area contributed by atoms with Gasteiger partial charge in [0.1, 0.15) is 25.3 Å². The van der Waals surface area contributed by atoms with E-state index in [9.17, 15) is 38.3 Å². The Bertz CT molecular complexity index is 3650. The molecule has 3 amide bonds. The molecule has 434 valence electrons. The lowest BCUT2D eigenvalue weighted by atomic mass is 9.64. The summed E-state index contributed by atoms with van der Waals surface area (Å²) in [5, 5.41) is 19.2. The molecule has 3 aromatic carbocycles. The minimum Gasteiger partial charge on any atom is -0.440 e. The van der Waals surface area contributed by atoms with Crippen molar-refractivity contribution < 1.29 is 61.6 Å². The molecule has 26 heteroatoms. The number of aromatic amines is 1. The minimum atomic E-state index is -5.51. The van der Waals surface area contributed by atoms with E-state index in [-0.39, 0.29) is 65.9 Å². The first kappa shape index (κ1) is 57.9. The number of carbonyl (C=O) groups is 3. The van der Waals surface area contributed by atoms with E-state index >= 15 is 0 Å². The number of H-pyrrole nitrogens is 1. The summed E-state index contributed by atoms with van der Waals surface area (Å²) in [4.78, 5) is 96.1. The maximum absolute atomic E-state index is 14.8. The average molecular weight is 1160 g/mol. The number of nitrogen functional groups attached to an aromatic ring is 1. The number of imidazole rings is 1. The third kappa shape index (κ3) is 11.2. The number of nitrogens with zero attached hydrogens (tertiary/aromatic N) is 6. The van der Waals surface area contributed by atoms with Crippen LogP contribution in [-0.2, 0) is 50.5 Å². The standard InChI is InChI=1S/C55H70N10O14P2/c1-8-65-39-26-38-36(25-35(39)30(2)27-54(65,3)4)42(37-24-31-14-11-22-63-23-12-17-34(45(31)63)43(37)55(38,5)6)32-15-9-10-16-33(32)50(69)62(7)21-13-18-41(66)57-19-20-58-53(70)78-47-40(28-76-81(74,75)79-80(71,72)73)77-51(46(47)67)64-29-59-44-48(64)60-52(56)61-49(44)68/h9-10,15-16,24-26,29-30,40,46-47,51,67H,8,11-14,17-23,27-28H2,1-7H3,(H7-,56,57,58,60,61,66,68,70,71,72,73,74,75)/p+1/t30?,40-,46-,47-,51-/m1/s1. The Hall–Kier alpha value is -6.33. The molecular formula is C55H71N10O14P2+. The van der Waals surface area contributed by atoms with Crippen molar-refractivity contribution in [3.63, 3.8) is 0 Å². The van der Waals surface area contributed by atoms with E-state index in [0.29, 0.717) is 17.9 Å². The van der Waals surface area contributed by atoms with Gasteiger partial charge in [-0.1, -0.05) is 39.0 Å². The van der Waals surface area contributed by atoms with Gasteiger partial charge in [-0.25, -0.2) is 23.5 Å². The van der Waals surface area contributed by atoms with Crippen molar-refractivity contribution in [3.05, 3.63) is 114 Å². The van der Waals surface area contributed by atoms with Gasteiger partial charge < -0.3 is 55.4 Å². The van der Waals surface area contributed by atoms with Crippen LogP contribution in [0.3, 0.4) is 0 Å². The van der Waals surface area contributed by atoms with Crippen molar-refractivity contribution in [2.75, 3.05) is 63.6 Å². The van der Waals surface area contributed by atoms with E-state index in [2.05, 4.69) is 105 Å². The first-order chi connectivity index (χ1) is 38.3. The van der Waals surface area contributed by atoms with Gasteiger partial charge in [-0.05, 0) is 115 Å². The number of nitrogens with one attached hydrogen (secondary N) is 3. The Morgan fingerprint density at radius 1 is 1.02 bits per heavy atom. The van der Waals surface area contributed by atoms with Crippen LogP contribution in [0.25, 0.3) is 16.7 Å². The van der Waals surface area contributed by atoms with Gasteiger partial charge in [0.2, 0.25) is 17.2 Å². The summed E-state index contributed by atoms with van der Waals surface area (Å²) in [6.07, 6.45) is -1.02. The molecule has 5 aromatic rings. The molecule has 0 bridgehead atoms. The number of carbonyl (C=O) groups excluding carboxylic acids is 3. The molecule has 1 fully saturated rings. The number of aliphatic hydroxyl groups excluding tert-OH is 1. The topological polar surface area (TPSA) is 326 Å². The van der Waals surface area contributed by atoms with Gasteiger partial charge in [0.25, 0.3) is 11.5 Å². The van der Waals surface area contributed by atoms with Crippen LogP contribution in [0.2, 0.25) is 0 Å². The molecule has 2 aromatic heterocycles. The van der Waals surface area contributed by atoms with Crippen molar-refractivity contribution in [2.45, 2.75) is 128 Å². The van der Waals surface area contributed by atoms with E-state index in [0.717, 1.165) is 79.3 Å². The van der Waals surface area contributed by atoms with Crippen LogP contribution in [-0.4, -0.2) is 139 Å². The number of alkyl carbamates (subject to hydrolysis) is 1. The molecule has 24 nitrogen and oxygen atoms in total. The smallest absolute Gasteiger partial charge is 0.440 e. The number of phosphoric ester groups is 1. The SMILES string of the molecule is CCN1c2cc3c(cc2C(C)CC1(C)C)C(c1ccccc1C(=O)N(C)CCCC(=O)NCCNC(=O)O[C@H]1[C@@H](O)[C@H](n2cnc4c(=O)[nH]c(N)nc42)O[C@@H]1COP(=O)(O)OP(=O)(O)O)=c1cc2c4c(c1C3(C)C)CCC[N+]=4CCC2. The van der Waals surface area contributed by atoms with Gasteiger partial charge in [0.05, 0.1) is 12.9 Å². The Morgan fingerprint density at radius 3 is 2.49 bits per heavy atom. The van der Waals surface area contributed by atoms with E-state index in [1.54, 1.807) is 11.9 Å². The highest BCUT2D eigenvalue weighted by atomic mass is 31.3. The van der Waals surface area contributed by atoms with Gasteiger partial charge in [-0.15, -0.1) is 0 Å². The highest BCUT2D eigenvalue weighted by Gasteiger charge is 2.50. The molecule has 9 N–H and O–H groups in total. The van der Waals surface area contributed by atoms with Crippen LogP contribution in [0.1, 0.15) is 135 Å². The molecule has 6 atom stereocenters. The van der Waals surface area contributed by atoms with Crippen molar-refractivity contribution in [1.29, 1.82) is 0 Å². The summed E-state index contributed by atoms with van der Waals surface area (Å²) in [5.74, 6) is -0.500. The molecule has 1 saturated heterocycles. The van der Waals surface area contributed by atoms with Crippen LogP contribution in [0.5, 0.6) is 0 Å². The second kappa shape index (κ2) is 22.1. The summed E-state index contributed by atoms with van der Waals surface area (Å²) in [7, 11) is -9.20. The van der Waals surface area contributed by atoms with E-state index in [1.807, 2.05) is 18.2 Å². The van der Waals surface area contributed by atoms with Crippen LogP contribution in [0, 0.1) is 0 Å². The Kier molecular flexibility index (Phi) is 15.8. The average Bonchev–Trinajstić information content (AvgIpc) is 2.55. The number of nitrogens with two attached hydrogens (primary N) is 1. The lowest BCUT2D eigenvalue weighted by molar-refractivity contribution is -0.121. The molecule has 1 aliphatic carbocycles. The molecule has 0 saturated carbocycles. The second-order valence-electron chi connectivity index (χ2n) is 22.8. The van der Waals surface area contributed by atoms with Gasteiger partial charge >= 0.3 is 21.7 Å². The highest BCUT2D eigenvalue weighted by Crippen LogP contribution is 2.58. The first-order valence-corrected chi connectivity index (χ1v) is 30.4. The number of ether oxygens (including phenoxy) is 2. The number of fused-ring (bicyclic) bond motifs is 5. The van der Waals surface area contributed by atoms with Crippen LogP contribution < -0.4 is 42.0 Å². The molecule has 6 heterocycles. The van der Waals surface area contributed by atoms with Gasteiger partial charge in [-0.3, -0.25) is 28.5 Å². The molecule has 2 unspecified atom stereocenters. The zero-order chi connectivity index (χ0) is 58.1. The Labute approximate surface area is 467 Å². The third-order valence-electron chi connectivity index (χ3n) is 16.5. The predicted molar refractivity (Wildman–Crippen MR) is 299 cm³/mol. The van der Waals surface area contributed by atoms with E-state index < -0.39 is 58.4 Å². The molecular weight excluding hydrogens is 1090 g/mol. The van der Waals surface area contributed by atoms with E-state index in [1.165, 1.54) is 44.1 Å². The fourth-order valence-electron chi connectivity index (χ4n) is 13.2. The Balaban J connectivity index is 0.817. The number of benzene rings is 3. The molecule has 5 aliphatic rings. The van der Waals surface area contributed by atoms with Crippen LogP contribution in [0.4, 0.5) is 16.4 Å². The number of rotatable bonds is 17.